The number of rotatable bonds is 5. The van der Waals surface area contributed by atoms with E-state index in [4.69, 9.17) is 18.9 Å². The van der Waals surface area contributed by atoms with Crippen molar-refractivity contribution in [3.63, 3.8) is 0 Å². The van der Waals surface area contributed by atoms with Gasteiger partial charge < -0.3 is 24.3 Å². The minimum Gasteiger partial charge on any atom is -0.451 e. The van der Waals surface area contributed by atoms with E-state index in [-0.39, 0.29) is 12.4 Å². The van der Waals surface area contributed by atoms with Crippen molar-refractivity contribution in [1.82, 2.24) is 9.55 Å². The van der Waals surface area contributed by atoms with Gasteiger partial charge in [-0.05, 0) is 44.2 Å². The summed E-state index contributed by atoms with van der Waals surface area (Å²) in [7, 11) is 0. The zero-order valence-electron chi connectivity index (χ0n) is 19.7. The van der Waals surface area contributed by atoms with Gasteiger partial charge in [-0.25, -0.2) is 9.59 Å². The van der Waals surface area contributed by atoms with E-state index >= 15 is 0 Å². The summed E-state index contributed by atoms with van der Waals surface area (Å²) in [5, 5.41) is 2.61. The molecule has 4 atom stereocenters. The molecule has 10 heteroatoms. The topological polar surface area (TPSA) is 118 Å². The highest BCUT2D eigenvalue weighted by atomic mass is 16.8. The Balaban J connectivity index is 1.41. The summed E-state index contributed by atoms with van der Waals surface area (Å²) in [6.45, 7) is 3.64. The molecule has 0 spiro atoms. The molecule has 2 aliphatic heterocycles. The standard InChI is InChI=1S/C26H25N3O7/c1-26(2)35-18-15-33-23(21(20(18)36-26)34-24(31)17-11-7-4-8-12-17)29-14-13-19(28-25(29)32)27-22(30)16-9-5-3-6-10-16/h3-14,18,20-21,23H,15H2,1-2H3,(H,27,28,30,32)/t18-,20-,21+,23+/m0/s1. The Morgan fingerprint density at radius 3 is 2.33 bits per heavy atom. The number of esters is 1. The Hall–Kier alpha value is -3.86. The van der Waals surface area contributed by atoms with E-state index < -0.39 is 47.9 Å². The molecule has 0 saturated carbocycles. The predicted molar refractivity (Wildman–Crippen MR) is 127 cm³/mol. The van der Waals surface area contributed by atoms with Crippen LogP contribution in [0.25, 0.3) is 0 Å². The van der Waals surface area contributed by atoms with E-state index in [0.29, 0.717) is 11.1 Å². The smallest absolute Gasteiger partial charge is 0.351 e. The van der Waals surface area contributed by atoms with E-state index in [9.17, 15) is 14.4 Å². The van der Waals surface area contributed by atoms with Crippen LogP contribution in [0.5, 0.6) is 0 Å². The molecule has 2 fully saturated rings. The van der Waals surface area contributed by atoms with Crippen molar-refractivity contribution in [2.24, 2.45) is 0 Å². The van der Waals surface area contributed by atoms with Crippen molar-refractivity contribution in [3.8, 4) is 0 Å². The fourth-order valence-corrected chi connectivity index (χ4v) is 4.30. The van der Waals surface area contributed by atoms with E-state index in [0.717, 1.165) is 0 Å². The second-order valence-corrected chi connectivity index (χ2v) is 8.92. The largest absolute Gasteiger partial charge is 0.451 e. The maximum absolute atomic E-state index is 13.0. The molecule has 0 radical (unpaired) electrons. The molecule has 186 valence electrons. The first-order valence-electron chi connectivity index (χ1n) is 11.5. The second kappa shape index (κ2) is 9.65. The predicted octanol–water partition coefficient (Wildman–Crippen LogP) is 2.77. The van der Waals surface area contributed by atoms with Gasteiger partial charge in [0.05, 0.1) is 12.2 Å². The van der Waals surface area contributed by atoms with Gasteiger partial charge in [0.15, 0.2) is 18.1 Å². The monoisotopic (exact) mass is 491 g/mol. The van der Waals surface area contributed by atoms with E-state index in [1.54, 1.807) is 74.5 Å². The molecule has 0 bridgehead atoms. The number of carbonyl (C=O) groups excluding carboxylic acids is 2. The minimum atomic E-state index is -1.02. The summed E-state index contributed by atoms with van der Waals surface area (Å²) in [6.07, 6.45) is -1.74. The third kappa shape index (κ3) is 4.92. The van der Waals surface area contributed by atoms with Gasteiger partial charge in [-0.2, -0.15) is 4.98 Å². The van der Waals surface area contributed by atoms with Crippen molar-refractivity contribution >= 4 is 17.7 Å². The summed E-state index contributed by atoms with van der Waals surface area (Å²) in [5.74, 6) is -1.82. The number of nitrogens with one attached hydrogen (secondary N) is 1. The van der Waals surface area contributed by atoms with Gasteiger partial charge in [0.25, 0.3) is 5.91 Å². The third-order valence-electron chi connectivity index (χ3n) is 5.89. The molecule has 10 nitrogen and oxygen atoms in total. The lowest BCUT2D eigenvalue weighted by atomic mass is 10.0. The second-order valence-electron chi connectivity index (χ2n) is 8.92. The molecule has 1 amide bonds. The molecule has 36 heavy (non-hydrogen) atoms. The fraction of sp³-hybridized carbons (Fsp3) is 0.308. The van der Waals surface area contributed by atoms with E-state index in [1.165, 1.54) is 16.8 Å². The maximum Gasteiger partial charge on any atom is 0.351 e. The molecule has 2 aliphatic rings. The van der Waals surface area contributed by atoms with E-state index in [2.05, 4.69) is 10.3 Å². The Bertz CT molecular complexity index is 1310. The highest BCUT2D eigenvalue weighted by Crippen LogP contribution is 2.38. The zero-order valence-corrected chi connectivity index (χ0v) is 19.7. The lowest BCUT2D eigenvalue weighted by molar-refractivity contribution is -0.184. The van der Waals surface area contributed by atoms with Crippen LogP contribution in [0.1, 0.15) is 40.8 Å². The number of benzene rings is 2. The molecular formula is C26H25N3O7. The number of hydrogen-bond acceptors (Lipinski definition) is 8. The van der Waals surface area contributed by atoms with Crippen LogP contribution in [0.3, 0.4) is 0 Å². The van der Waals surface area contributed by atoms with Gasteiger partial charge in [-0.15, -0.1) is 0 Å². The number of anilines is 1. The van der Waals surface area contributed by atoms with Gasteiger partial charge in [0.1, 0.15) is 18.0 Å². The van der Waals surface area contributed by atoms with E-state index in [1.807, 2.05) is 0 Å². The Labute approximate surface area is 206 Å². The summed E-state index contributed by atoms with van der Waals surface area (Å²) >= 11 is 0. The molecular weight excluding hydrogens is 466 g/mol. The fourth-order valence-electron chi connectivity index (χ4n) is 4.30. The summed E-state index contributed by atoms with van der Waals surface area (Å²) < 4.78 is 24.9. The van der Waals surface area contributed by atoms with Crippen molar-refractivity contribution in [2.45, 2.75) is 44.2 Å². The number of ether oxygens (including phenoxy) is 4. The van der Waals surface area contributed by atoms with Gasteiger partial charge in [0.2, 0.25) is 0 Å². The van der Waals surface area contributed by atoms with Crippen molar-refractivity contribution < 1.29 is 28.5 Å². The van der Waals surface area contributed by atoms with Crippen molar-refractivity contribution in [1.29, 1.82) is 0 Å². The first kappa shape index (κ1) is 23.9. The van der Waals surface area contributed by atoms with Crippen LogP contribution in [0.15, 0.2) is 77.7 Å². The molecule has 3 aromatic rings. The molecule has 0 unspecified atom stereocenters. The van der Waals surface area contributed by atoms with Crippen LogP contribution >= 0.6 is 0 Å². The number of carbonyl (C=O) groups is 2. The minimum absolute atomic E-state index is 0.0817. The number of aromatic nitrogens is 2. The van der Waals surface area contributed by atoms with Crippen LogP contribution in [0, 0.1) is 0 Å². The molecule has 3 heterocycles. The summed E-state index contributed by atoms with van der Waals surface area (Å²) in [4.78, 5) is 42.3. The molecule has 0 aliphatic carbocycles. The van der Waals surface area contributed by atoms with Crippen molar-refractivity contribution in [3.05, 3.63) is 94.5 Å². The van der Waals surface area contributed by atoms with Crippen LogP contribution in [0.4, 0.5) is 5.82 Å². The number of amides is 1. The van der Waals surface area contributed by atoms with Crippen LogP contribution in [0.2, 0.25) is 0 Å². The van der Waals surface area contributed by atoms with Gasteiger partial charge in [-0.1, -0.05) is 36.4 Å². The summed E-state index contributed by atoms with van der Waals surface area (Å²) in [6, 6.07) is 18.6. The number of nitrogens with zero attached hydrogens (tertiary/aromatic N) is 2. The number of fused-ring (bicyclic) bond motifs is 1. The molecule has 2 aromatic carbocycles. The van der Waals surface area contributed by atoms with Gasteiger partial charge in [-0.3, -0.25) is 9.36 Å². The van der Waals surface area contributed by atoms with Crippen LogP contribution in [-0.4, -0.2) is 52.1 Å². The Morgan fingerprint density at radius 1 is 1.00 bits per heavy atom. The van der Waals surface area contributed by atoms with Crippen molar-refractivity contribution in [2.75, 3.05) is 11.9 Å². The average molecular weight is 492 g/mol. The maximum atomic E-state index is 13.0. The zero-order chi connectivity index (χ0) is 25.3. The van der Waals surface area contributed by atoms with Gasteiger partial charge in [0, 0.05) is 11.8 Å². The first-order valence-corrected chi connectivity index (χ1v) is 11.5. The first-order chi connectivity index (χ1) is 17.3. The Morgan fingerprint density at radius 2 is 1.67 bits per heavy atom. The average Bonchev–Trinajstić information content (AvgIpc) is 3.20. The van der Waals surface area contributed by atoms with Gasteiger partial charge >= 0.3 is 11.7 Å². The Kier molecular flexibility index (Phi) is 6.40. The van der Waals surface area contributed by atoms with Crippen LogP contribution in [-0.2, 0) is 18.9 Å². The molecule has 5 rings (SSSR count). The van der Waals surface area contributed by atoms with Crippen LogP contribution < -0.4 is 11.0 Å². The third-order valence-corrected chi connectivity index (χ3v) is 5.89. The SMILES string of the molecule is CC1(C)O[C@@H]2[C@@H](OC(=O)c3ccccc3)[C@H](n3ccc(NC(=O)c4ccccc4)nc3=O)OC[C@@H]2O1. The molecule has 1 N–H and O–H groups in total. The molecule has 2 saturated heterocycles. The highest BCUT2D eigenvalue weighted by Gasteiger charge is 2.53. The molecule has 1 aromatic heterocycles. The number of hydrogen-bond donors (Lipinski definition) is 1. The lowest BCUT2D eigenvalue weighted by Gasteiger charge is -2.37. The summed E-state index contributed by atoms with van der Waals surface area (Å²) in [5.41, 5.74) is 0.0864. The lowest BCUT2D eigenvalue weighted by Crippen LogP contribution is -2.53. The highest BCUT2D eigenvalue weighted by molar-refractivity contribution is 6.03. The quantitative estimate of drug-likeness (QED) is 0.542. The normalized spacial score (nSPS) is 24.5.